The molecule has 1 heterocycles. The van der Waals surface area contributed by atoms with E-state index in [2.05, 4.69) is 16.7 Å². The van der Waals surface area contributed by atoms with Gasteiger partial charge >= 0.3 is 0 Å². The lowest BCUT2D eigenvalue weighted by molar-refractivity contribution is 0.289. The zero-order valence-electron chi connectivity index (χ0n) is 11.2. The standard InChI is InChI=1S/C15H23FN2/c1-2-3-9-17-10-4-11-18(13-12-17)15-7-5-14(16)6-8-15/h5-8H,2-4,9-13H2,1H3. The van der Waals surface area contributed by atoms with Crippen LogP contribution in [-0.4, -0.2) is 37.6 Å². The average molecular weight is 250 g/mol. The number of anilines is 1. The van der Waals surface area contributed by atoms with Gasteiger partial charge in [0.25, 0.3) is 0 Å². The van der Waals surface area contributed by atoms with Crippen molar-refractivity contribution >= 4 is 5.69 Å². The summed E-state index contributed by atoms with van der Waals surface area (Å²) in [4.78, 5) is 4.92. The monoisotopic (exact) mass is 250 g/mol. The average Bonchev–Trinajstić information content (AvgIpc) is 2.63. The molecule has 2 rings (SSSR count). The smallest absolute Gasteiger partial charge is 0.123 e. The SMILES string of the molecule is CCCCN1CCCN(c2ccc(F)cc2)CC1. The molecule has 0 radical (unpaired) electrons. The molecule has 18 heavy (non-hydrogen) atoms. The molecule has 1 aliphatic heterocycles. The van der Waals surface area contributed by atoms with Gasteiger partial charge in [-0.05, 0) is 50.2 Å². The summed E-state index contributed by atoms with van der Waals surface area (Å²) < 4.78 is 12.9. The van der Waals surface area contributed by atoms with E-state index in [0.717, 1.165) is 25.3 Å². The maximum atomic E-state index is 12.9. The summed E-state index contributed by atoms with van der Waals surface area (Å²) in [6.45, 7) is 7.90. The molecule has 1 aromatic carbocycles. The molecule has 0 bridgehead atoms. The predicted molar refractivity (Wildman–Crippen MR) is 74.6 cm³/mol. The Bertz CT molecular complexity index is 350. The van der Waals surface area contributed by atoms with Crippen LogP contribution < -0.4 is 4.90 Å². The maximum absolute atomic E-state index is 12.9. The van der Waals surface area contributed by atoms with Crippen molar-refractivity contribution in [1.29, 1.82) is 0 Å². The highest BCUT2D eigenvalue weighted by atomic mass is 19.1. The third-order valence-corrected chi connectivity index (χ3v) is 3.61. The molecule has 0 unspecified atom stereocenters. The fourth-order valence-corrected chi connectivity index (χ4v) is 2.49. The van der Waals surface area contributed by atoms with Crippen LogP contribution in [0.3, 0.4) is 0 Å². The number of benzene rings is 1. The molecular weight excluding hydrogens is 227 g/mol. The van der Waals surface area contributed by atoms with Crippen LogP contribution in [0.2, 0.25) is 0 Å². The fourth-order valence-electron chi connectivity index (χ4n) is 2.49. The van der Waals surface area contributed by atoms with Gasteiger partial charge < -0.3 is 9.80 Å². The summed E-state index contributed by atoms with van der Waals surface area (Å²) in [5, 5.41) is 0. The van der Waals surface area contributed by atoms with Crippen LogP contribution in [0.1, 0.15) is 26.2 Å². The molecule has 2 nitrogen and oxygen atoms in total. The highest BCUT2D eigenvalue weighted by Crippen LogP contribution is 2.17. The summed E-state index contributed by atoms with van der Waals surface area (Å²) in [5.74, 6) is -0.154. The van der Waals surface area contributed by atoms with Gasteiger partial charge in [0, 0.05) is 25.3 Å². The van der Waals surface area contributed by atoms with Gasteiger partial charge in [-0.15, -0.1) is 0 Å². The molecule has 0 aliphatic carbocycles. The van der Waals surface area contributed by atoms with Gasteiger partial charge in [-0.1, -0.05) is 13.3 Å². The van der Waals surface area contributed by atoms with Crippen molar-refractivity contribution in [3.63, 3.8) is 0 Å². The number of nitrogens with zero attached hydrogens (tertiary/aromatic N) is 2. The number of unbranched alkanes of at least 4 members (excludes halogenated alkanes) is 1. The number of hydrogen-bond donors (Lipinski definition) is 0. The molecule has 1 aliphatic rings. The van der Waals surface area contributed by atoms with E-state index in [0.29, 0.717) is 0 Å². The molecule has 1 fully saturated rings. The quantitative estimate of drug-likeness (QED) is 0.810. The van der Waals surface area contributed by atoms with Crippen molar-refractivity contribution in [3.05, 3.63) is 30.1 Å². The second-order valence-electron chi connectivity index (χ2n) is 5.01. The summed E-state index contributed by atoms with van der Waals surface area (Å²) in [6.07, 6.45) is 3.75. The second-order valence-corrected chi connectivity index (χ2v) is 5.01. The highest BCUT2D eigenvalue weighted by molar-refractivity contribution is 5.46. The second kappa shape index (κ2) is 6.74. The summed E-state index contributed by atoms with van der Waals surface area (Å²) in [6, 6.07) is 6.87. The Labute approximate surface area is 109 Å². The highest BCUT2D eigenvalue weighted by Gasteiger charge is 2.14. The van der Waals surface area contributed by atoms with E-state index in [9.17, 15) is 4.39 Å². The molecule has 0 aromatic heterocycles. The third-order valence-electron chi connectivity index (χ3n) is 3.61. The first-order valence-corrected chi connectivity index (χ1v) is 7.02. The van der Waals surface area contributed by atoms with Gasteiger partial charge in [0.1, 0.15) is 5.82 Å². The molecule has 0 spiro atoms. The van der Waals surface area contributed by atoms with E-state index >= 15 is 0 Å². The van der Waals surface area contributed by atoms with E-state index in [1.807, 2.05) is 12.1 Å². The Hall–Kier alpha value is -1.09. The predicted octanol–water partition coefficient (Wildman–Crippen LogP) is 3.14. The first kappa shape index (κ1) is 13.3. The largest absolute Gasteiger partial charge is 0.370 e. The van der Waals surface area contributed by atoms with E-state index in [1.54, 1.807) is 12.1 Å². The van der Waals surface area contributed by atoms with Gasteiger partial charge in [0.05, 0.1) is 0 Å². The van der Waals surface area contributed by atoms with E-state index in [4.69, 9.17) is 0 Å². The minimum atomic E-state index is -0.154. The van der Waals surface area contributed by atoms with Crippen LogP contribution in [0.4, 0.5) is 10.1 Å². The number of hydrogen-bond acceptors (Lipinski definition) is 2. The van der Waals surface area contributed by atoms with Crippen molar-refractivity contribution < 1.29 is 4.39 Å². The van der Waals surface area contributed by atoms with Crippen LogP contribution in [0.25, 0.3) is 0 Å². The van der Waals surface area contributed by atoms with Gasteiger partial charge in [-0.25, -0.2) is 4.39 Å². The zero-order valence-corrected chi connectivity index (χ0v) is 11.2. The zero-order chi connectivity index (χ0) is 12.8. The normalized spacial score (nSPS) is 17.8. The Morgan fingerprint density at radius 3 is 2.56 bits per heavy atom. The molecule has 100 valence electrons. The van der Waals surface area contributed by atoms with Crippen LogP contribution in [0.5, 0.6) is 0 Å². The molecule has 0 atom stereocenters. The summed E-state index contributed by atoms with van der Waals surface area (Å²) >= 11 is 0. The molecule has 1 saturated heterocycles. The van der Waals surface area contributed by atoms with Gasteiger partial charge in [0.2, 0.25) is 0 Å². The summed E-state index contributed by atoms with van der Waals surface area (Å²) in [5.41, 5.74) is 1.15. The maximum Gasteiger partial charge on any atom is 0.123 e. The molecular formula is C15H23FN2. The minimum absolute atomic E-state index is 0.154. The first-order chi connectivity index (χ1) is 8.79. The lowest BCUT2D eigenvalue weighted by atomic mass is 10.2. The van der Waals surface area contributed by atoms with Crippen molar-refractivity contribution in [1.82, 2.24) is 4.90 Å². The van der Waals surface area contributed by atoms with E-state index in [-0.39, 0.29) is 5.82 Å². The Kier molecular flexibility index (Phi) is 5.00. The fraction of sp³-hybridized carbons (Fsp3) is 0.600. The molecule has 1 aromatic rings. The Morgan fingerprint density at radius 2 is 1.83 bits per heavy atom. The van der Waals surface area contributed by atoms with Crippen molar-refractivity contribution in [3.8, 4) is 0 Å². The first-order valence-electron chi connectivity index (χ1n) is 7.02. The van der Waals surface area contributed by atoms with Gasteiger partial charge in [-0.2, -0.15) is 0 Å². The summed E-state index contributed by atoms with van der Waals surface area (Å²) in [7, 11) is 0. The molecule has 0 amide bonds. The van der Waals surface area contributed by atoms with Crippen LogP contribution >= 0.6 is 0 Å². The van der Waals surface area contributed by atoms with Crippen LogP contribution in [0.15, 0.2) is 24.3 Å². The minimum Gasteiger partial charge on any atom is -0.370 e. The lowest BCUT2D eigenvalue weighted by Gasteiger charge is -2.23. The van der Waals surface area contributed by atoms with Crippen molar-refractivity contribution in [2.24, 2.45) is 0 Å². The van der Waals surface area contributed by atoms with Crippen molar-refractivity contribution in [2.75, 3.05) is 37.6 Å². The van der Waals surface area contributed by atoms with E-state index in [1.165, 1.54) is 32.4 Å². The number of halogens is 1. The Balaban J connectivity index is 1.90. The lowest BCUT2D eigenvalue weighted by Crippen LogP contribution is -2.31. The molecule has 0 N–H and O–H groups in total. The number of rotatable bonds is 4. The topological polar surface area (TPSA) is 6.48 Å². The van der Waals surface area contributed by atoms with Crippen LogP contribution in [0, 0.1) is 5.82 Å². The molecule has 0 saturated carbocycles. The molecule has 3 heteroatoms. The van der Waals surface area contributed by atoms with E-state index < -0.39 is 0 Å². The van der Waals surface area contributed by atoms with Crippen LogP contribution in [-0.2, 0) is 0 Å². The van der Waals surface area contributed by atoms with Gasteiger partial charge in [-0.3, -0.25) is 0 Å². The van der Waals surface area contributed by atoms with Crippen molar-refractivity contribution in [2.45, 2.75) is 26.2 Å². The third kappa shape index (κ3) is 3.70. The van der Waals surface area contributed by atoms with Gasteiger partial charge in [0.15, 0.2) is 0 Å². The Morgan fingerprint density at radius 1 is 1.06 bits per heavy atom.